The molecule has 136 valence electrons. The van der Waals surface area contributed by atoms with Gasteiger partial charge in [0, 0.05) is 26.1 Å². The van der Waals surface area contributed by atoms with Gasteiger partial charge in [0.1, 0.15) is 12.3 Å². The molecule has 0 bridgehead atoms. The molecule has 6 nitrogen and oxygen atoms in total. The Morgan fingerprint density at radius 2 is 1.92 bits per heavy atom. The fourth-order valence-corrected chi connectivity index (χ4v) is 2.72. The normalized spacial score (nSPS) is 13.0. The maximum absolute atomic E-state index is 5.80. The van der Waals surface area contributed by atoms with E-state index < -0.39 is 0 Å². The molecule has 0 radical (unpaired) electrons. The SMILES string of the molecule is COc1ccc2cc(C(C)c3cc(CN=C(N)N(C)C)on3)ccc2c1. The third-order valence-corrected chi connectivity index (χ3v) is 4.45. The minimum atomic E-state index is 0.120. The van der Waals surface area contributed by atoms with Crippen LogP contribution in [0.5, 0.6) is 5.75 Å². The predicted octanol–water partition coefficient (Wildman–Crippen LogP) is 3.36. The average molecular weight is 352 g/mol. The number of aromatic nitrogens is 1. The maximum Gasteiger partial charge on any atom is 0.191 e. The summed E-state index contributed by atoms with van der Waals surface area (Å²) in [5.41, 5.74) is 7.86. The number of nitrogens with zero attached hydrogens (tertiary/aromatic N) is 3. The number of guanidine groups is 1. The molecule has 2 N–H and O–H groups in total. The van der Waals surface area contributed by atoms with Gasteiger partial charge in [-0.1, -0.05) is 36.3 Å². The predicted molar refractivity (Wildman–Crippen MR) is 104 cm³/mol. The second kappa shape index (κ2) is 7.47. The van der Waals surface area contributed by atoms with Gasteiger partial charge in [0.2, 0.25) is 0 Å². The zero-order chi connectivity index (χ0) is 18.7. The van der Waals surface area contributed by atoms with Crippen molar-refractivity contribution in [1.29, 1.82) is 0 Å². The van der Waals surface area contributed by atoms with E-state index in [1.165, 1.54) is 10.9 Å². The summed E-state index contributed by atoms with van der Waals surface area (Å²) >= 11 is 0. The first-order chi connectivity index (χ1) is 12.5. The van der Waals surface area contributed by atoms with Gasteiger partial charge in [0.15, 0.2) is 11.7 Å². The molecule has 1 aromatic heterocycles. The van der Waals surface area contributed by atoms with E-state index in [-0.39, 0.29) is 5.92 Å². The highest BCUT2D eigenvalue weighted by Crippen LogP contribution is 2.28. The highest BCUT2D eigenvalue weighted by atomic mass is 16.5. The lowest BCUT2D eigenvalue weighted by Crippen LogP contribution is -2.30. The van der Waals surface area contributed by atoms with Crippen molar-refractivity contribution < 1.29 is 9.26 Å². The van der Waals surface area contributed by atoms with Crippen LogP contribution in [0.3, 0.4) is 0 Å². The van der Waals surface area contributed by atoms with Crippen LogP contribution < -0.4 is 10.5 Å². The van der Waals surface area contributed by atoms with Crippen LogP contribution in [0.15, 0.2) is 52.0 Å². The molecule has 0 aliphatic rings. The van der Waals surface area contributed by atoms with E-state index in [1.807, 2.05) is 32.3 Å². The fourth-order valence-electron chi connectivity index (χ4n) is 2.72. The van der Waals surface area contributed by atoms with Crippen molar-refractivity contribution in [2.45, 2.75) is 19.4 Å². The molecule has 26 heavy (non-hydrogen) atoms. The van der Waals surface area contributed by atoms with Crippen molar-refractivity contribution in [2.24, 2.45) is 10.7 Å². The van der Waals surface area contributed by atoms with Crippen molar-refractivity contribution in [3.05, 3.63) is 59.5 Å². The largest absolute Gasteiger partial charge is 0.497 e. The number of hydrogen-bond acceptors (Lipinski definition) is 4. The molecular weight excluding hydrogens is 328 g/mol. The highest BCUT2D eigenvalue weighted by molar-refractivity contribution is 5.84. The van der Waals surface area contributed by atoms with Crippen molar-refractivity contribution >= 4 is 16.7 Å². The molecule has 6 heteroatoms. The summed E-state index contributed by atoms with van der Waals surface area (Å²) in [6, 6.07) is 14.4. The Morgan fingerprint density at radius 3 is 2.65 bits per heavy atom. The van der Waals surface area contributed by atoms with E-state index >= 15 is 0 Å². The van der Waals surface area contributed by atoms with Crippen LogP contribution in [0.2, 0.25) is 0 Å². The third-order valence-electron chi connectivity index (χ3n) is 4.45. The number of methoxy groups -OCH3 is 1. The first-order valence-electron chi connectivity index (χ1n) is 8.48. The Bertz CT molecular complexity index is 930. The first-order valence-corrected chi connectivity index (χ1v) is 8.48. The highest BCUT2D eigenvalue weighted by Gasteiger charge is 2.14. The van der Waals surface area contributed by atoms with Crippen LogP contribution in [0, 0.1) is 0 Å². The van der Waals surface area contributed by atoms with E-state index in [4.69, 9.17) is 15.0 Å². The standard InChI is InChI=1S/C20H24N4O2/c1-13(19-11-18(26-23-19)12-22-20(21)24(2)3)14-5-6-16-10-17(25-4)8-7-15(16)9-14/h5-11,13H,12H2,1-4H3,(H2,21,22). The van der Waals surface area contributed by atoms with E-state index in [2.05, 4.69) is 41.3 Å². The smallest absolute Gasteiger partial charge is 0.191 e. The molecule has 0 saturated heterocycles. The second-order valence-electron chi connectivity index (χ2n) is 6.48. The quantitative estimate of drug-likeness (QED) is 0.563. The molecule has 3 aromatic rings. The lowest BCUT2D eigenvalue weighted by molar-refractivity contribution is 0.377. The Balaban J connectivity index is 1.80. The summed E-state index contributed by atoms with van der Waals surface area (Å²) in [4.78, 5) is 6.03. The average Bonchev–Trinajstić information content (AvgIpc) is 3.13. The topological polar surface area (TPSA) is 76.9 Å². The summed E-state index contributed by atoms with van der Waals surface area (Å²) in [6.45, 7) is 2.49. The van der Waals surface area contributed by atoms with Crippen LogP contribution in [0.1, 0.15) is 29.9 Å². The summed E-state index contributed by atoms with van der Waals surface area (Å²) in [5.74, 6) is 2.13. The number of fused-ring (bicyclic) bond motifs is 1. The Labute approximate surface area is 153 Å². The molecule has 2 aromatic carbocycles. The van der Waals surface area contributed by atoms with Crippen LogP contribution >= 0.6 is 0 Å². The van der Waals surface area contributed by atoms with Crippen LogP contribution in [0.4, 0.5) is 0 Å². The summed E-state index contributed by atoms with van der Waals surface area (Å²) in [7, 11) is 5.38. The van der Waals surface area contributed by atoms with E-state index in [1.54, 1.807) is 12.0 Å². The number of nitrogens with two attached hydrogens (primary N) is 1. The van der Waals surface area contributed by atoms with Gasteiger partial charge in [-0.05, 0) is 28.5 Å². The molecule has 0 spiro atoms. The number of hydrogen-bond donors (Lipinski definition) is 1. The number of benzene rings is 2. The second-order valence-corrected chi connectivity index (χ2v) is 6.48. The summed E-state index contributed by atoms with van der Waals surface area (Å²) in [6.07, 6.45) is 0. The van der Waals surface area contributed by atoms with Crippen molar-refractivity contribution in [3.8, 4) is 5.75 Å². The van der Waals surface area contributed by atoms with Gasteiger partial charge in [0.25, 0.3) is 0 Å². The zero-order valence-corrected chi connectivity index (χ0v) is 15.6. The Kier molecular flexibility index (Phi) is 5.11. The molecule has 3 rings (SSSR count). The van der Waals surface area contributed by atoms with Crippen molar-refractivity contribution in [1.82, 2.24) is 10.1 Å². The van der Waals surface area contributed by atoms with E-state index in [0.717, 1.165) is 16.8 Å². The molecule has 1 unspecified atom stereocenters. The fraction of sp³-hybridized carbons (Fsp3) is 0.300. The lowest BCUT2D eigenvalue weighted by atomic mass is 9.95. The summed E-state index contributed by atoms with van der Waals surface area (Å²) in [5, 5.41) is 6.52. The van der Waals surface area contributed by atoms with Crippen LogP contribution in [-0.4, -0.2) is 37.2 Å². The third kappa shape index (κ3) is 3.79. The Morgan fingerprint density at radius 1 is 1.19 bits per heavy atom. The van der Waals surface area contributed by atoms with Gasteiger partial charge in [-0.25, -0.2) is 4.99 Å². The van der Waals surface area contributed by atoms with Gasteiger partial charge in [0.05, 0.1) is 12.8 Å². The van der Waals surface area contributed by atoms with Gasteiger partial charge < -0.3 is 19.9 Å². The molecule has 0 aliphatic heterocycles. The van der Waals surface area contributed by atoms with Gasteiger partial charge in [-0.15, -0.1) is 0 Å². The number of rotatable bonds is 5. The van der Waals surface area contributed by atoms with Gasteiger partial charge in [-0.3, -0.25) is 0 Å². The van der Waals surface area contributed by atoms with Gasteiger partial charge in [-0.2, -0.15) is 0 Å². The molecule has 1 heterocycles. The molecule has 0 fully saturated rings. The first kappa shape index (κ1) is 17.8. The number of ether oxygens (including phenoxy) is 1. The lowest BCUT2D eigenvalue weighted by Gasteiger charge is -2.10. The van der Waals surface area contributed by atoms with E-state index in [0.29, 0.717) is 18.3 Å². The van der Waals surface area contributed by atoms with Crippen molar-refractivity contribution in [3.63, 3.8) is 0 Å². The molecule has 0 saturated carbocycles. The molecular formula is C20H24N4O2. The zero-order valence-electron chi connectivity index (χ0n) is 15.6. The minimum Gasteiger partial charge on any atom is -0.497 e. The number of aliphatic imine (C=N–C) groups is 1. The van der Waals surface area contributed by atoms with Crippen LogP contribution in [0.25, 0.3) is 10.8 Å². The minimum absolute atomic E-state index is 0.120. The molecule has 0 amide bonds. The maximum atomic E-state index is 5.80. The Hall–Kier alpha value is -3.02. The molecule has 1 atom stereocenters. The van der Waals surface area contributed by atoms with E-state index in [9.17, 15) is 0 Å². The monoisotopic (exact) mass is 352 g/mol. The summed E-state index contributed by atoms with van der Waals surface area (Å²) < 4.78 is 10.7. The molecule has 0 aliphatic carbocycles. The van der Waals surface area contributed by atoms with Crippen molar-refractivity contribution in [2.75, 3.05) is 21.2 Å². The van der Waals surface area contributed by atoms with Crippen LogP contribution in [-0.2, 0) is 6.54 Å². The van der Waals surface area contributed by atoms with Gasteiger partial charge >= 0.3 is 0 Å².